The summed E-state index contributed by atoms with van der Waals surface area (Å²) >= 11 is 0. The Kier molecular flexibility index (Phi) is 5.47. The summed E-state index contributed by atoms with van der Waals surface area (Å²) in [7, 11) is 0. The van der Waals surface area contributed by atoms with Gasteiger partial charge in [-0.3, -0.25) is 4.79 Å². The number of ether oxygens (including phenoxy) is 1. The van der Waals surface area contributed by atoms with Crippen molar-refractivity contribution in [2.45, 2.75) is 13.0 Å². The van der Waals surface area contributed by atoms with Crippen LogP contribution in [0.25, 0.3) is 0 Å². The van der Waals surface area contributed by atoms with Crippen molar-refractivity contribution < 1.29 is 28.2 Å². The first kappa shape index (κ1) is 17.4. The van der Waals surface area contributed by atoms with Gasteiger partial charge in [-0.25, -0.2) is 13.6 Å². The van der Waals surface area contributed by atoms with Gasteiger partial charge in [-0.2, -0.15) is 0 Å². The molecule has 5 nitrogen and oxygen atoms in total. The van der Waals surface area contributed by atoms with E-state index in [1.807, 2.05) is 0 Å². The summed E-state index contributed by atoms with van der Waals surface area (Å²) in [5, 5.41) is 11.8. The van der Waals surface area contributed by atoms with Crippen molar-refractivity contribution in [3.05, 3.63) is 65.2 Å². The topological polar surface area (TPSA) is 75.6 Å². The third-order valence-corrected chi connectivity index (χ3v) is 3.17. The summed E-state index contributed by atoms with van der Waals surface area (Å²) in [5.41, 5.74) is -0.289. The van der Waals surface area contributed by atoms with E-state index in [1.54, 1.807) is 6.92 Å². The number of rotatable bonds is 5. The molecule has 0 aliphatic carbocycles. The quantitative estimate of drug-likeness (QED) is 0.824. The normalized spacial score (nSPS) is 11.6. The average Bonchev–Trinajstić information content (AvgIpc) is 2.54. The van der Waals surface area contributed by atoms with Crippen molar-refractivity contribution in [3.63, 3.8) is 0 Å². The van der Waals surface area contributed by atoms with Crippen molar-refractivity contribution in [2.24, 2.45) is 0 Å². The first-order chi connectivity index (χ1) is 11.4. The molecule has 1 amide bonds. The second kappa shape index (κ2) is 7.54. The van der Waals surface area contributed by atoms with Crippen molar-refractivity contribution in [1.82, 2.24) is 5.32 Å². The van der Waals surface area contributed by atoms with Gasteiger partial charge in [0.1, 0.15) is 17.4 Å². The molecule has 1 atom stereocenters. The van der Waals surface area contributed by atoms with Crippen LogP contribution in [0.2, 0.25) is 0 Å². The molecular weight excluding hydrogens is 320 g/mol. The van der Waals surface area contributed by atoms with Crippen LogP contribution < -0.4 is 5.32 Å². The Morgan fingerprint density at radius 2 is 1.96 bits per heavy atom. The van der Waals surface area contributed by atoms with Crippen LogP contribution in [0.3, 0.4) is 0 Å². The molecule has 0 bridgehead atoms. The van der Waals surface area contributed by atoms with Gasteiger partial charge in [0.2, 0.25) is 0 Å². The Morgan fingerprint density at radius 1 is 1.21 bits per heavy atom. The molecule has 2 aromatic carbocycles. The third-order valence-electron chi connectivity index (χ3n) is 3.17. The highest BCUT2D eigenvalue weighted by Crippen LogP contribution is 2.21. The molecule has 0 fully saturated rings. The third kappa shape index (κ3) is 4.07. The first-order valence-electron chi connectivity index (χ1n) is 7.14. The summed E-state index contributed by atoms with van der Waals surface area (Å²) in [6.07, 6.45) is 0. The number of nitrogens with one attached hydrogen (secondary N) is 1. The first-order valence-corrected chi connectivity index (χ1v) is 7.14. The van der Waals surface area contributed by atoms with E-state index in [2.05, 4.69) is 5.32 Å². The molecule has 0 aliphatic heterocycles. The fraction of sp³-hybridized carbons (Fsp3) is 0.176. The van der Waals surface area contributed by atoms with Crippen molar-refractivity contribution in [2.75, 3.05) is 6.61 Å². The predicted octanol–water partition coefficient (Wildman–Crippen LogP) is 2.70. The summed E-state index contributed by atoms with van der Waals surface area (Å²) in [4.78, 5) is 24.3. The molecule has 0 spiro atoms. The Balaban J connectivity index is 2.32. The van der Waals surface area contributed by atoms with Crippen LogP contribution in [-0.4, -0.2) is 23.6 Å². The number of esters is 1. The van der Waals surface area contributed by atoms with Crippen LogP contribution in [0.5, 0.6) is 5.75 Å². The van der Waals surface area contributed by atoms with Gasteiger partial charge in [0.05, 0.1) is 12.2 Å². The lowest BCUT2D eigenvalue weighted by Gasteiger charge is -2.18. The van der Waals surface area contributed by atoms with Crippen LogP contribution in [-0.2, 0) is 9.53 Å². The second-order valence-corrected chi connectivity index (χ2v) is 4.88. The van der Waals surface area contributed by atoms with Crippen LogP contribution in [0.1, 0.15) is 28.9 Å². The van der Waals surface area contributed by atoms with Gasteiger partial charge in [-0.15, -0.1) is 0 Å². The van der Waals surface area contributed by atoms with Gasteiger partial charge in [0, 0.05) is 0 Å². The SMILES string of the molecule is CCOC(=O)[C@@H](NC(=O)c1cc(F)ccc1F)c1cccc(O)c1. The molecule has 0 saturated carbocycles. The van der Waals surface area contributed by atoms with Crippen LogP contribution >= 0.6 is 0 Å². The fourth-order valence-electron chi connectivity index (χ4n) is 2.09. The van der Waals surface area contributed by atoms with Gasteiger partial charge in [-0.05, 0) is 42.8 Å². The summed E-state index contributed by atoms with van der Waals surface area (Å²) in [5.74, 6) is -3.59. The number of carbonyl (C=O) groups is 2. The molecule has 7 heteroatoms. The maximum Gasteiger partial charge on any atom is 0.333 e. The number of phenols is 1. The van der Waals surface area contributed by atoms with Crippen molar-refractivity contribution in [1.29, 1.82) is 0 Å². The van der Waals surface area contributed by atoms with E-state index >= 15 is 0 Å². The maximum absolute atomic E-state index is 13.7. The number of aromatic hydroxyl groups is 1. The highest BCUT2D eigenvalue weighted by Gasteiger charge is 2.26. The number of hydrogen-bond acceptors (Lipinski definition) is 4. The van der Waals surface area contributed by atoms with E-state index in [9.17, 15) is 23.5 Å². The number of benzene rings is 2. The van der Waals surface area contributed by atoms with Crippen LogP contribution in [0.4, 0.5) is 8.78 Å². The number of hydrogen-bond donors (Lipinski definition) is 2. The molecule has 0 unspecified atom stereocenters. The van der Waals surface area contributed by atoms with Gasteiger partial charge < -0.3 is 15.2 Å². The standard InChI is InChI=1S/C17H15F2NO4/c1-2-24-17(23)15(10-4-3-5-12(21)8-10)20-16(22)13-9-11(18)6-7-14(13)19/h3-9,15,21H,2H2,1H3,(H,20,22)/t15-/m0/s1. The molecule has 0 aliphatic rings. The smallest absolute Gasteiger partial charge is 0.333 e. The van der Waals surface area contributed by atoms with Crippen LogP contribution in [0.15, 0.2) is 42.5 Å². The minimum absolute atomic E-state index is 0.0678. The lowest BCUT2D eigenvalue weighted by molar-refractivity contribution is -0.145. The number of halogens is 2. The molecular formula is C17H15F2NO4. The number of phenolic OH excluding ortho intramolecular Hbond substituents is 1. The Hall–Kier alpha value is -2.96. The fourth-order valence-corrected chi connectivity index (χ4v) is 2.09. The van der Waals surface area contributed by atoms with E-state index in [-0.39, 0.29) is 17.9 Å². The second-order valence-electron chi connectivity index (χ2n) is 4.88. The zero-order valence-corrected chi connectivity index (χ0v) is 12.8. The zero-order valence-electron chi connectivity index (χ0n) is 12.8. The van der Waals surface area contributed by atoms with E-state index in [4.69, 9.17) is 4.74 Å². The van der Waals surface area contributed by atoms with Gasteiger partial charge >= 0.3 is 5.97 Å². The lowest BCUT2D eigenvalue weighted by atomic mass is 10.1. The predicted molar refractivity (Wildman–Crippen MR) is 81.3 cm³/mol. The van der Waals surface area contributed by atoms with Crippen LogP contribution in [0, 0.1) is 11.6 Å². The molecule has 2 aromatic rings. The zero-order chi connectivity index (χ0) is 17.7. The minimum Gasteiger partial charge on any atom is -0.508 e. The van der Waals surface area contributed by atoms with Crippen molar-refractivity contribution in [3.8, 4) is 5.75 Å². The van der Waals surface area contributed by atoms with E-state index < -0.39 is 35.1 Å². The number of amides is 1. The molecule has 0 heterocycles. The monoisotopic (exact) mass is 335 g/mol. The Bertz CT molecular complexity index is 764. The van der Waals surface area contributed by atoms with E-state index in [1.165, 1.54) is 24.3 Å². The Morgan fingerprint density at radius 3 is 2.62 bits per heavy atom. The molecule has 24 heavy (non-hydrogen) atoms. The largest absolute Gasteiger partial charge is 0.508 e. The summed E-state index contributed by atoms with van der Waals surface area (Å²) in [6, 6.07) is 6.78. The van der Waals surface area contributed by atoms with Gasteiger partial charge in [-0.1, -0.05) is 12.1 Å². The van der Waals surface area contributed by atoms with Crippen molar-refractivity contribution >= 4 is 11.9 Å². The molecule has 126 valence electrons. The summed E-state index contributed by atoms with van der Waals surface area (Å²) in [6.45, 7) is 1.66. The molecule has 0 saturated heterocycles. The Labute approximate surface area is 136 Å². The molecule has 2 N–H and O–H groups in total. The van der Waals surface area contributed by atoms with E-state index in [0.29, 0.717) is 0 Å². The highest BCUT2D eigenvalue weighted by atomic mass is 19.1. The lowest BCUT2D eigenvalue weighted by Crippen LogP contribution is -2.35. The van der Waals surface area contributed by atoms with E-state index in [0.717, 1.165) is 18.2 Å². The minimum atomic E-state index is -1.27. The van der Waals surface area contributed by atoms with Gasteiger partial charge in [0.25, 0.3) is 5.91 Å². The summed E-state index contributed by atoms with van der Waals surface area (Å²) < 4.78 is 31.8. The number of carbonyl (C=O) groups excluding carboxylic acids is 2. The molecule has 0 radical (unpaired) electrons. The highest BCUT2D eigenvalue weighted by molar-refractivity contribution is 5.97. The average molecular weight is 335 g/mol. The molecule has 0 aromatic heterocycles. The molecule has 2 rings (SSSR count). The maximum atomic E-state index is 13.7. The van der Waals surface area contributed by atoms with Gasteiger partial charge in [0.15, 0.2) is 6.04 Å².